The van der Waals surface area contributed by atoms with Crippen LogP contribution in [0.2, 0.25) is 0 Å². The van der Waals surface area contributed by atoms with Gasteiger partial charge in [0.15, 0.2) is 6.23 Å². The van der Waals surface area contributed by atoms with Gasteiger partial charge in [-0.25, -0.2) is 4.98 Å². The third-order valence-corrected chi connectivity index (χ3v) is 3.09. The van der Waals surface area contributed by atoms with Gasteiger partial charge >= 0.3 is 0 Å². The molecule has 8 heteroatoms. The van der Waals surface area contributed by atoms with E-state index < -0.39 is 24.5 Å². The minimum atomic E-state index is -1.17. The highest BCUT2D eigenvalue weighted by Gasteiger charge is 2.43. The summed E-state index contributed by atoms with van der Waals surface area (Å²) in [5.41, 5.74) is 6.21. The van der Waals surface area contributed by atoms with E-state index in [-0.39, 0.29) is 12.4 Å². The number of hydrogen-bond donors (Lipinski definition) is 5. The van der Waals surface area contributed by atoms with Crippen molar-refractivity contribution in [3.8, 4) is 0 Å². The Labute approximate surface area is 103 Å². The van der Waals surface area contributed by atoms with Gasteiger partial charge in [0.1, 0.15) is 29.8 Å². The Bertz CT molecular complexity index is 461. The molecule has 6 N–H and O–H groups in total. The van der Waals surface area contributed by atoms with Gasteiger partial charge in [-0.05, 0) is 6.92 Å². The van der Waals surface area contributed by atoms with Crippen LogP contribution in [-0.4, -0.2) is 55.6 Å². The maximum atomic E-state index is 9.87. The number of nitrogens with zero attached hydrogens (tertiary/aromatic N) is 2. The number of nitrogen functional groups attached to an aromatic ring is 1. The number of imidazole rings is 1. The van der Waals surface area contributed by atoms with Crippen LogP contribution in [-0.2, 0) is 4.74 Å². The standard InChI is InChI=1S/C10H16N4O4/c1-4-6(9(11)12)13-3-14(4)10-8(17)7(16)5(2-15)18-10/h3,5,7-8,10,15-17H,2H2,1H3,(H3,11,12)/t5-,7-,8-,10-/m1/s1. The molecule has 2 rings (SSSR count). The highest BCUT2D eigenvalue weighted by molar-refractivity contribution is 5.94. The smallest absolute Gasteiger partial charge is 0.164 e. The summed E-state index contributed by atoms with van der Waals surface area (Å²) in [5, 5.41) is 35.9. The summed E-state index contributed by atoms with van der Waals surface area (Å²) in [7, 11) is 0. The van der Waals surface area contributed by atoms with Crippen molar-refractivity contribution in [1.29, 1.82) is 5.41 Å². The Morgan fingerprint density at radius 2 is 2.22 bits per heavy atom. The molecule has 0 saturated carbocycles. The Morgan fingerprint density at radius 3 is 2.67 bits per heavy atom. The summed E-state index contributed by atoms with van der Waals surface area (Å²) in [6, 6.07) is 0. The number of aliphatic hydroxyl groups excluding tert-OH is 3. The molecular weight excluding hydrogens is 240 g/mol. The summed E-state index contributed by atoms with van der Waals surface area (Å²) in [6.07, 6.45) is -2.64. The van der Waals surface area contributed by atoms with E-state index in [1.54, 1.807) is 6.92 Å². The largest absolute Gasteiger partial charge is 0.394 e. The minimum absolute atomic E-state index is 0.182. The first-order valence-corrected chi connectivity index (χ1v) is 5.47. The number of amidine groups is 1. The van der Waals surface area contributed by atoms with Crippen LogP contribution in [0.15, 0.2) is 6.33 Å². The first-order valence-electron chi connectivity index (χ1n) is 5.47. The minimum Gasteiger partial charge on any atom is -0.394 e. The monoisotopic (exact) mass is 256 g/mol. The van der Waals surface area contributed by atoms with Crippen molar-refractivity contribution in [2.24, 2.45) is 5.73 Å². The second kappa shape index (κ2) is 4.65. The zero-order valence-corrected chi connectivity index (χ0v) is 9.82. The van der Waals surface area contributed by atoms with E-state index in [1.165, 1.54) is 10.9 Å². The van der Waals surface area contributed by atoms with Crippen LogP contribution in [0.1, 0.15) is 17.6 Å². The van der Waals surface area contributed by atoms with E-state index >= 15 is 0 Å². The molecule has 0 amide bonds. The van der Waals surface area contributed by atoms with Crippen molar-refractivity contribution in [3.63, 3.8) is 0 Å². The number of hydrogen-bond acceptors (Lipinski definition) is 6. The van der Waals surface area contributed by atoms with Gasteiger partial charge in [0.05, 0.1) is 12.9 Å². The van der Waals surface area contributed by atoms with Crippen molar-refractivity contribution in [2.75, 3.05) is 6.61 Å². The summed E-state index contributed by atoms with van der Waals surface area (Å²) in [5.74, 6) is -0.182. The molecule has 0 radical (unpaired) electrons. The van der Waals surface area contributed by atoms with Gasteiger partial charge in [-0.1, -0.05) is 0 Å². The van der Waals surface area contributed by atoms with Gasteiger partial charge in [-0.2, -0.15) is 0 Å². The number of aromatic nitrogens is 2. The molecule has 0 aliphatic carbocycles. The topological polar surface area (TPSA) is 138 Å². The summed E-state index contributed by atoms with van der Waals surface area (Å²) in [4.78, 5) is 3.95. The molecule has 18 heavy (non-hydrogen) atoms. The molecule has 1 saturated heterocycles. The maximum absolute atomic E-state index is 9.87. The second-order valence-electron chi connectivity index (χ2n) is 4.23. The molecule has 1 fully saturated rings. The molecule has 1 aromatic heterocycles. The van der Waals surface area contributed by atoms with Gasteiger partial charge in [0.25, 0.3) is 0 Å². The zero-order valence-electron chi connectivity index (χ0n) is 9.82. The fourth-order valence-corrected chi connectivity index (χ4v) is 2.05. The maximum Gasteiger partial charge on any atom is 0.164 e. The van der Waals surface area contributed by atoms with E-state index in [0.717, 1.165) is 0 Å². The van der Waals surface area contributed by atoms with Crippen LogP contribution < -0.4 is 5.73 Å². The van der Waals surface area contributed by atoms with Crippen molar-refractivity contribution in [1.82, 2.24) is 9.55 Å². The number of aliphatic hydroxyl groups is 3. The lowest BCUT2D eigenvalue weighted by Crippen LogP contribution is -2.33. The van der Waals surface area contributed by atoms with Gasteiger partial charge in [-0.3, -0.25) is 5.41 Å². The Morgan fingerprint density at radius 1 is 1.56 bits per heavy atom. The molecule has 0 unspecified atom stereocenters. The van der Waals surface area contributed by atoms with Crippen molar-refractivity contribution in [3.05, 3.63) is 17.7 Å². The third kappa shape index (κ3) is 1.89. The Balaban J connectivity index is 2.30. The average Bonchev–Trinajstić information content (AvgIpc) is 2.82. The normalized spacial score (nSPS) is 31.8. The fraction of sp³-hybridized carbons (Fsp3) is 0.600. The third-order valence-electron chi connectivity index (χ3n) is 3.09. The second-order valence-corrected chi connectivity index (χ2v) is 4.23. The molecule has 0 bridgehead atoms. The first-order chi connectivity index (χ1) is 8.47. The first kappa shape index (κ1) is 13.0. The lowest BCUT2D eigenvalue weighted by atomic mass is 10.1. The highest BCUT2D eigenvalue weighted by Crippen LogP contribution is 2.30. The van der Waals surface area contributed by atoms with E-state index in [4.69, 9.17) is 21.0 Å². The van der Waals surface area contributed by atoms with Crippen LogP contribution in [0, 0.1) is 12.3 Å². The molecule has 1 aliphatic heterocycles. The number of nitrogens with two attached hydrogens (primary N) is 1. The lowest BCUT2D eigenvalue weighted by Gasteiger charge is -2.17. The molecule has 0 spiro atoms. The summed E-state index contributed by atoms with van der Waals surface area (Å²) >= 11 is 0. The van der Waals surface area contributed by atoms with Crippen molar-refractivity contribution in [2.45, 2.75) is 31.5 Å². The predicted octanol–water partition coefficient (Wildman–Crippen LogP) is -1.91. The predicted molar refractivity (Wildman–Crippen MR) is 61.0 cm³/mol. The molecule has 1 aromatic rings. The van der Waals surface area contributed by atoms with Crippen molar-refractivity contribution < 1.29 is 20.1 Å². The van der Waals surface area contributed by atoms with Gasteiger partial charge in [0, 0.05) is 5.69 Å². The van der Waals surface area contributed by atoms with Crippen LogP contribution in [0.5, 0.6) is 0 Å². The van der Waals surface area contributed by atoms with E-state index in [2.05, 4.69) is 4.98 Å². The molecule has 2 heterocycles. The zero-order chi connectivity index (χ0) is 13.4. The van der Waals surface area contributed by atoms with Crippen LogP contribution in [0.25, 0.3) is 0 Å². The molecule has 0 aromatic carbocycles. The Kier molecular flexibility index (Phi) is 3.35. The summed E-state index contributed by atoms with van der Waals surface area (Å²) < 4.78 is 6.84. The molecular formula is C10H16N4O4. The Hall–Kier alpha value is -1.48. The highest BCUT2D eigenvalue weighted by atomic mass is 16.6. The molecule has 8 nitrogen and oxygen atoms in total. The van der Waals surface area contributed by atoms with E-state index in [1.807, 2.05) is 0 Å². The fourth-order valence-electron chi connectivity index (χ4n) is 2.05. The van der Waals surface area contributed by atoms with E-state index in [0.29, 0.717) is 11.4 Å². The van der Waals surface area contributed by atoms with Crippen LogP contribution in [0.3, 0.4) is 0 Å². The molecule has 1 aliphatic rings. The van der Waals surface area contributed by atoms with Crippen molar-refractivity contribution >= 4 is 5.84 Å². The van der Waals surface area contributed by atoms with Gasteiger partial charge in [0.2, 0.25) is 0 Å². The molecule has 4 atom stereocenters. The quantitative estimate of drug-likeness (QED) is 0.316. The average molecular weight is 256 g/mol. The number of nitrogens with one attached hydrogen (secondary N) is 1. The van der Waals surface area contributed by atoms with Crippen LogP contribution >= 0.6 is 0 Å². The van der Waals surface area contributed by atoms with Gasteiger partial charge in [-0.15, -0.1) is 0 Å². The SMILES string of the molecule is Cc1c(C(=N)N)ncn1[C@@H]1O[C@H](CO)[C@@H](O)[C@H]1O. The lowest BCUT2D eigenvalue weighted by molar-refractivity contribution is -0.0536. The molecule has 100 valence electrons. The number of ether oxygens (including phenoxy) is 1. The van der Waals surface area contributed by atoms with Crippen LogP contribution in [0.4, 0.5) is 0 Å². The van der Waals surface area contributed by atoms with Gasteiger partial charge < -0.3 is 30.4 Å². The number of rotatable bonds is 3. The van der Waals surface area contributed by atoms with E-state index in [9.17, 15) is 10.2 Å². The summed E-state index contributed by atoms with van der Waals surface area (Å²) in [6.45, 7) is 1.29.